The molecule has 0 unspecified atom stereocenters. The molecule has 0 saturated carbocycles. The van der Waals surface area contributed by atoms with Gasteiger partial charge in [0.15, 0.2) is 6.23 Å². The van der Waals surface area contributed by atoms with Crippen LogP contribution in [0.25, 0.3) is 0 Å². The molecule has 0 aromatic carbocycles. The van der Waals surface area contributed by atoms with Crippen molar-refractivity contribution >= 4 is 11.8 Å². The fourth-order valence-electron chi connectivity index (χ4n) is 2.09. The Labute approximate surface area is 117 Å². The minimum absolute atomic E-state index is 0.273. The number of aliphatic hydroxyl groups is 3. The molecule has 1 aliphatic heterocycles. The molecule has 116 valence electrons. The first-order valence-corrected chi connectivity index (χ1v) is 6.59. The van der Waals surface area contributed by atoms with E-state index in [1.165, 1.54) is 6.92 Å². The Morgan fingerprint density at radius 2 is 1.85 bits per heavy atom. The molecule has 1 aliphatic rings. The van der Waals surface area contributed by atoms with Crippen molar-refractivity contribution in [3.8, 4) is 0 Å². The maximum atomic E-state index is 11.6. The summed E-state index contributed by atoms with van der Waals surface area (Å²) in [4.78, 5) is 22.8. The van der Waals surface area contributed by atoms with Crippen LogP contribution in [0.2, 0.25) is 0 Å². The Hall–Kier alpha value is -1.22. The van der Waals surface area contributed by atoms with Crippen molar-refractivity contribution in [2.24, 2.45) is 0 Å². The average Bonchev–Trinajstić information content (AvgIpc) is 2.38. The van der Waals surface area contributed by atoms with Crippen molar-refractivity contribution in [1.82, 2.24) is 10.6 Å². The van der Waals surface area contributed by atoms with E-state index in [2.05, 4.69) is 10.6 Å². The van der Waals surface area contributed by atoms with Gasteiger partial charge >= 0.3 is 0 Å². The van der Waals surface area contributed by atoms with Crippen molar-refractivity contribution < 1.29 is 29.6 Å². The van der Waals surface area contributed by atoms with Gasteiger partial charge in [0.1, 0.15) is 24.4 Å². The minimum Gasteiger partial charge on any atom is -0.394 e. The van der Waals surface area contributed by atoms with Gasteiger partial charge in [0.25, 0.3) is 0 Å². The highest BCUT2D eigenvalue weighted by atomic mass is 16.5. The lowest BCUT2D eigenvalue weighted by atomic mass is 9.96. The van der Waals surface area contributed by atoms with Crippen LogP contribution in [0.5, 0.6) is 0 Å². The van der Waals surface area contributed by atoms with E-state index in [0.717, 1.165) is 0 Å². The van der Waals surface area contributed by atoms with Gasteiger partial charge in [-0.25, -0.2) is 0 Å². The molecule has 1 heterocycles. The molecule has 1 rings (SSSR count). The first kappa shape index (κ1) is 16.8. The molecular formula is C12H22N2O6. The summed E-state index contributed by atoms with van der Waals surface area (Å²) in [6, 6.07) is -0.980. The van der Waals surface area contributed by atoms with Crippen LogP contribution in [0.3, 0.4) is 0 Å². The summed E-state index contributed by atoms with van der Waals surface area (Å²) in [5.41, 5.74) is 0. The molecular weight excluding hydrogens is 268 g/mol. The van der Waals surface area contributed by atoms with E-state index in [9.17, 15) is 19.8 Å². The normalized spacial score (nSPS) is 33.5. The first-order valence-electron chi connectivity index (χ1n) is 6.59. The Bertz CT molecular complexity index is 351. The van der Waals surface area contributed by atoms with Crippen LogP contribution >= 0.6 is 0 Å². The zero-order valence-corrected chi connectivity index (χ0v) is 11.6. The monoisotopic (exact) mass is 290 g/mol. The minimum atomic E-state index is -1.35. The van der Waals surface area contributed by atoms with Crippen LogP contribution in [-0.2, 0) is 14.3 Å². The van der Waals surface area contributed by atoms with Gasteiger partial charge in [-0.05, 0) is 6.42 Å². The molecule has 0 aromatic heterocycles. The number of aliphatic hydroxyl groups excluding tert-OH is 3. The lowest BCUT2D eigenvalue weighted by Gasteiger charge is -2.42. The second-order valence-corrected chi connectivity index (χ2v) is 4.80. The third-order valence-electron chi connectivity index (χ3n) is 3.08. The highest BCUT2D eigenvalue weighted by molar-refractivity contribution is 5.76. The number of amides is 2. The predicted molar refractivity (Wildman–Crippen MR) is 68.4 cm³/mol. The molecule has 0 spiro atoms. The molecule has 1 fully saturated rings. The number of carbonyl (C=O) groups excluding carboxylic acids is 2. The van der Waals surface area contributed by atoms with Gasteiger partial charge in [-0.15, -0.1) is 0 Å². The summed E-state index contributed by atoms with van der Waals surface area (Å²) >= 11 is 0. The third-order valence-corrected chi connectivity index (χ3v) is 3.08. The first-order chi connectivity index (χ1) is 9.40. The average molecular weight is 290 g/mol. The van der Waals surface area contributed by atoms with Crippen molar-refractivity contribution in [3.63, 3.8) is 0 Å². The number of carbonyl (C=O) groups is 2. The second kappa shape index (κ2) is 7.53. The van der Waals surface area contributed by atoms with Gasteiger partial charge in [-0.2, -0.15) is 0 Å². The zero-order chi connectivity index (χ0) is 15.3. The van der Waals surface area contributed by atoms with E-state index in [1.807, 2.05) is 6.92 Å². The molecule has 0 radical (unpaired) electrons. The Kier molecular flexibility index (Phi) is 6.34. The summed E-state index contributed by atoms with van der Waals surface area (Å²) in [5, 5.41) is 33.8. The summed E-state index contributed by atoms with van der Waals surface area (Å²) in [6.45, 7) is 2.58. The van der Waals surface area contributed by atoms with Crippen molar-refractivity contribution in [3.05, 3.63) is 0 Å². The van der Waals surface area contributed by atoms with E-state index in [1.54, 1.807) is 0 Å². The maximum Gasteiger partial charge on any atom is 0.222 e. The molecule has 8 heteroatoms. The number of hydrogen-bond donors (Lipinski definition) is 5. The summed E-state index contributed by atoms with van der Waals surface area (Å²) in [5.74, 6) is -0.727. The predicted octanol–water partition coefficient (Wildman–Crippen LogP) is -2.15. The van der Waals surface area contributed by atoms with Crippen molar-refractivity contribution in [2.75, 3.05) is 6.61 Å². The SMILES string of the molecule is CCCC(=O)N[C@@H]1O[C@H](CO)[C@@H](O)[C@H](O)[C@@H]1NC(C)=O. The van der Waals surface area contributed by atoms with Crippen LogP contribution in [0, 0.1) is 0 Å². The Morgan fingerprint density at radius 3 is 2.35 bits per heavy atom. The smallest absolute Gasteiger partial charge is 0.222 e. The third kappa shape index (κ3) is 4.14. The van der Waals surface area contributed by atoms with E-state index in [0.29, 0.717) is 6.42 Å². The molecule has 5 N–H and O–H groups in total. The number of hydrogen-bond acceptors (Lipinski definition) is 6. The summed E-state index contributed by atoms with van der Waals surface area (Å²) in [7, 11) is 0. The van der Waals surface area contributed by atoms with E-state index in [-0.39, 0.29) is 12.3 Å². The molecule has 20 heavy (non-hydrogen) atoms. The van der Waals surface area contributed by atoms with Crippen LogP contribution < -0.4 is 10.6 Å². The van der Waals surface area contributed by atoms with Crippen molar-refractivity contribution in [2.45, 2.75) is 57.3 Å². The van der Waals surface area contributed by atoms with Crippen LogP contribution in [0.15, 0.2) is 0 Å². The molecule has 8 nitrogen and oxygen atoms in total. The van der Waals surface area contributed by atoms with Crippen molar-refractivity contribution in [1.29, 1.82) is 0 Å². The second-order valence-electron chi connectivity index (χ2n) is 4.80. The van der Waals surface area contributed by atoms with Gasteiger partial charge in [0.05, 0.1) is 6.61 Å². The Morgan fingerprint density at radius 1 is 1.20 bits per heavy atom. The van der Waals surface area contributed by atoms with E-state index >= 15 is 0 Å². The standard InChI is InChI=1S/C12H22N2O6/c1-3-4-8(17)14-12-9(13-6(2)16)11(19)10(18)7(5-15)20-12/h7,9-12,15,18-19H,3-5H2,1-2H3,(H,13,16)(H,14,17)/t7-,9+,10-,11-,12-/m1/s1. The van der Waals surface area contributed by atoms with Crippen LogP contribution in [0.4, 0.5) is 0 Å². The fraction of sp³-hybridized carbons (Fsp3) is 0.833. The molecule has 5 atom stereocenters. The molecule has 0 bridgehead atoms. The van der Waals surface area contributed by atoms with Gasteiger partial charge in [-0.1, -0.05) is 6.92 Å². The highest BCUT2D eigenvalue weighted by Gasteiger charge is 2.45. The Balaban J connectivity index is 2.83. The van der Waals surface area contributed by atoms with E-state index < -0.39 is 43.1 Å². The van der Waals surface area contributed by atoms with Gasteiger partial charge in [0, 0.05) is 13.3 Å². The van der Waals surface area contributed by atoms with Gasteiger partial charge in [-0.3, -0.25) is 9.59 Å². The topological polar surface area (TPSA) is 128 Å². The van der Waals surface area contributed by atoms with Crippen LogP contribution in [0.1, 0.15) is 26.7 Å². The van der Waals surface area contributed by atoms with Gasteiger partial charge in [0.2, 0.25) is 11.8 Å². The van der Waals surface area contributed by atoms with Gasteiger partial charge < -0.3 is 30.7 Å². The number of ether oxygens (including phenoxy) is 1. The fourth-order valence-corrected chi connectivity index (χ4v) is 2.09. The zero-order valence-electron chi connectivity index (χ0n) is 11.6. The quantitative estimate of drug-likeness (QED) is 0.392. The lowest BCUT2D eigenvalue weighted by molar-refractivity contribution is -0.203. The maximum absolute atomic E-state index is 11.6. The number of nitrogens with one attached hydrogen (secondary N) is 2. The summed E-state index contributed by atoms with van der Waals surface area (Å²) < 4.78 is 5.34. The molecule has 0 aliphatic carbocycles. The lowest BCUT2D eigenvalue weighted by Crippen LogP contribution is -2.68. The summed E-state index contributed by atoms with van der Waals surface area (Å²) in [6.07, 6.45) is -3.82. The molecule has 2 amide bonds. The highest BCUT2D eigenvalue weighted by Crippen LogP contribution is 2.20. The molecule has 1 saturated heterocycles. The number of rotatable bonds is 5. The largest absolute Gasteiger partial charge is 0.394 e. The molecule has 0 aromatic rings. The van der Waals surface area contributed by atoms with Crippen LogP contribution in [-0.4, -0.2) is 64.3 Å². The van der Waals surface area contributed by atoms with E-state index in [4.69, 9.17) is 9.84 Å².